The van der Waals surface area contributed by atoms with Gasteiger partial charge < -0.3 is 10.1 Å². The predicted molar refractivity (Wildman–Crippen MR) is 144 cm³/mol. The van der Waals surface area contributed by atoms with Gasteiger partial charge in [-0.2, -0.15) is 5.26 Å². The number of anilines is 2. The first-order valence-corrected chi connectivity index (χ1v) is 12.6. The van der Waals surface area contributed by atoms with Crippen molar-refractivity contribution >= 4 is 58.2 Å². The van der Waals surface area contributed by atoms with E-state index in [4.69, 9.17) is 27.9 Å². The Hall–Kier alpha value is -3.44. The third-order valence-electron chi connectivity index (χ3n) is 5.65. The molecule has 1 N–H and O–H groups in total. The largest absolute Gasteiger partial charge is 0.497 e. The number of benzene rings is 3. The molecule has 182 valence electrons. The van der Waals surface area contributed by atoms with Gasteiger partial charge in [-0.25, -0.2) is 0 Å². The smallest absolute Gasteiger partial charge is 0.269 e. The molecule has 2 amide bonds. The molecule has 0 bridgehead atoms. The lowest BCUT2D eigenvalue weighted by atomic mass is 10.1. The van der Waals surface area contributed by atoms with Crippen molar-refractivity contribution in [3.8, 4) is 11.8 Å². The van der Waals surface area contributed by atoms with Gasteiger partial charge in [0.1, 0.15) is 22.4 Å². The Kier molecular flexibility index (Phi) is 7.90. The summed E-state index contributed by atoms with van der Waals surface area (Å²) in [5.74, 6) is -0.237. The predicted octanol–water partition coefficient (Wildman–Crippen LogP) is 6.38. The summed E-state index contributed by atoms with van der Waals surface area (Å²) in [5.41, 5.74) is 2.54. The molecule has 1 fully saturated rings. The number of carbonyl (C=O) groups excluding carboxylic acids is 2. The third-order valence-corrected chi connectivity index (χ3v) is 7.50. The van der Waals surface area contributed by atoms with E-state index in [1.165, 1.54) is 4.90 Å². The van der Waals surface area contributed by atoms with Crippen molar-refractivity contribution in [1.82, 2.24) is 0 Å². The normalized spacial score (nSPS) is 16.5. The lowest BCUT2D eigenvalue weighted by Gasteiger charge is -2.19. The number of amides is 2. The molecule has 9 heteroatoms. The number of halogens is 2. The van der Waals surface area contributed by atoms with E-state index in [0.29, 0.717) is 33.6 Å². The van der Waals surface area contributed by atoms with Crippen molar-refractivity contribution < 1.29 is 14.3 Å². The zero-order valence-electron chi connectivity index (χ0n) is 19.4. The molecule has 3 aromatic rings. The number of hydrogen-bond acceptors (Lipinski definition) is 5. The van der Waals surface area contributed by atoms with Crippen LogP contribution < -0.4 is 15.0 Å². The Morgan fingerprint density at radius 1 is 1.14 bits per heavy atom. The Bertz CT molecular complexity index is 1400. The Morgan fingerprint density at radius 2 is 1.86 bits per heavy atom. The van der Waals surface area contributed by atoms with Crippen molar-refractivity contribution in [3.63, 3.8) is 0 Å². The van der Waals surface area contributed by atoms with Crippen molar-refractivity contribution in [2.24, 2.45) is 0 Å². The molecule has 3 aromatic carbocycles. The van der Waals surface area contributed by atoms with Gasteiger partial charge in [-0.1, -0.05) is 59.2 Å². The second kappa shape index (κ2) is 11.1. The van der Waals surface area contributed by atoms with E-state index in [0.717, 1.165) is 22.9 Å². The summed E-state index contributed by atoms with van der Waals surface area (Å²) < 4.78 is 5.23. The summed E-state index contributed by atoms with van der Waals surface area (Å²) in [7, 11) is 1.55. The van der Waals surface area contributed by atoms with Crippen molar-refractivity contribution in [1.29, 1.82) is 5.26 Å². The summed E-state index contributed by atoms with van der Waals surface area (Å²) in [6.07, 6.45) is 0.299. The van der Waals surface area contributed by atoms with Crippen LogP contribution in [-0.2, 0) is 16.0 Å². The molecule has 0 aromatic heterocycles. The highest BCUT2D eigenvalue weighted by molar-refractivity contribution is 8.05. The number of hydrogen-bond donors (Lipinski definition) is 1. The fourth-order valence-corrected chi connectivity index (χ4v) is 5.52. The van der Waals surface area contributed by atoms with E-state index in [9.17, 15) is 14.9 Å². The molecule has 0 radical (unpaired) electrons. The molecular weight excluding hydrogens is 517 g/mol. The van der Waals surface area contributed by atoms with Gasteiger partial charge >= 0.3 is 0 Å². The summed E-state index contributed by atoms with van der Waals surface area (Å²) in [6, 6.07) is 21.2. The van der Waals surface area contributed by atoms with Crippen LogP contribution in [0.2, 0.25) is 10.0 Å². The fraction of sp³-hybridized carbons (Fsp3) is 0.148. The minimum absolute atomic E-state index is 0.155. The van der Waals surface area contributed by atoms with E-state index in [1.807, 2.05) is 25.1 Å². The number of nitrogens with one attached hydrogen (secondary N) is 1. The lowest BCUT2D eigenvalue weighted by Crippen LogP contribution is -2.31. The molecule has 1 saturated heterocycles. The first kappa shape index (κ1) is 25.6. The van der Waals surface area contributed by atoms with E-state index in [1.54, 1.807) is 61.7 Å². The Morgan fingerprint density at radius 3 is 2.50 bits per heavy atom. The number of nitrogens with zero attached hydrogens (tertiary/aromatic N) is 2. The van der Waals surface area contributed by atoms with Crippen LogP contribution in [0.15, 0.2) is 77.3 Å². The number of nitriles is 1. The average molecular weight is 538 g/mol. The zero-order valence-corrected chi connectivity index (χ0v) is 21.7. The van der Waals surface area contributed by atoms with E-state index >= 15 is 0 Å². The molecule has 0 saturated carbocycles. The summed E-state index contributed by atoms with van der Waals surface area (Å²) in [4.78, 5) is 28.3. The highest BCUT2D eigenvalue weighted by Gasteiger charge is 2.41. The number of para-hydroxylation sites is 1. The molecule has 1 atom stereocenters. The molecule has 36 heavy (non-hydrogen) atoms. The van der Waals surface area contributed by atoms with Gasteiger partial charge in [0, 0.05) is 21.4 Å². The highest BCUT2D eigenvalue weighted by atomic mass is 35.5. The van der Waals surface area contributed by atoms with Gasteiger partial charge in [-0.3, -0.25) is 14.5 Å². The minimum Gasteiger partial charge on any atom is -0.497 e. The number of carbonyl (C=O) groups is 2. The molecule has 4 rings (SSSR count). The molecule has 1 aliphatic rings. The number of thioether (sulfide) groups is 1. The number of rotatable bonds is 6. The van der Waals surface area contributed by atoms with E-state index in [-0.39, 0.29) is 16.5 Å². The van der Waals surface area contributed by atoms with E-state index in [2.05, 4.69) is 5.32 Å². The molecular formula is C27H21Cl2N3O3S. The van der Waals surface area contributed by atoms with Gasteiger partial charge in [-0.15, -0.1) is 0 Å². The van der Waals surface area contributed by atoms with Crippen molar-refractivity contribution in [2.45, 2.75) is 18.6 Å². The van der Waals surface area contributed by atoms with Gasteiger partial charge in [0.2, 0.25) is 5.91 Å². The second-order valence-electron chi connectivity index (χ2n) is 7.98. The third kappa shape index (κ3) is 5.36. The van der Waals surface area contributed by atoms with E-state index < -0.39 is 11.2 Å². The first-order chi connectivity index (χ1) is 17.3. The van der Waals surface area contributed by atoms with Crippen LogP contribution in [0.5, 0.6) is 5.75 Å². The number of ether oxygens (including phenoxy) is 1. The second-order valence-corrected chi connectivity index (χ2v) is 10.0. The van der Waals surface area contributed by atoms with Crippen LogP contribution in [0.4, 0.5) is 11.4 Å². The van der Waals surface area contributed by atoms with Crippen LogP contribution in [0.3, 0.4) is 0 Å². The van der Waals surface area contributed by atoms with Crippen LogP contribution in [-0.4, -0.2) is 24.2 Å². The summed E-state index contributed by atoms with van der Waals surface area (Å²) >= 11 is 13.6. The molecule has 1 heterocycles. The highest BCUT2D eigenvalue weighted by Crippen LogP contribution is 2.43. The van der Waals surface area contributed by atoms with Crippen LogP contribution in [0, 0.1) is 18.3 Å². The first-order valence-electron chi connectivity index (χ1n) is 10.9. The average Bonchev–Trinajstić information content (AvgIpc) is 3.18. The van der Waals surface area contributed by atoms with Gasteiger partial charge in [0.05, 0.1) is 12.4 Å². The molecule has 1 unspecified atom stereocenters. The Balaban J connectivity index is 1.75. The maximum Gasteiger partial charge on any atom is 0.269 e. The SMILES string of the molecule is COc1ccc(N2C(=O)C(Cc3ccc(Cl)cc3Cl)S/C2=C(/C#N)C(=O)Nc2ccccc2C)cc1. The maximum atomic E-state index is 13.6. The number of methoxy groups -OCH3 is 1. The van der Waals surface area contributed by atoms with Crippen LogP contribution in [0.25, 0.3) is 0 Å². The topological polar surface area (TPSA) is 82.4 Å². The van der Waals surface area contributed by atoms with Gasteiger partial charge in [0.15, 0.2) is 0 Å². The van der Waals surface area contributed by atoms with Crippen molar-refractivity contribution in [2.75, 3.05) is 17.3 Å². The fourth-order valence-electron chi connectivity index (χ4n) is 3.74. The van der Waals surface area contributed by atoms with Crippen LogP contribution in [0.1, 0.15) is 11.1 Å². The quantitative estimate of drug-likeness (QED) is 0.291. The number of aryl methyl sites for hydroxylation is 1. The standard InChI is InChI=1S/C27H21Cl2N3O3S/c1-16-5-3-4-6-23(16)31-25(33)21(15-30)27-32(19-9-11-20(35-2)12-10-19)26(34)24(36-27)13-17-7-8-18(28)14-22(17)29/h3-12,14,24H,13H2,1-2H3,(H,31,33)/b27-21-. The molecule has 0 aliphatic carbocycles. The molecule has 6 nitrogen and oxygen atoms in total. The molecule has 1 aliphatic heterocycles. The van der Waals surface area contributed by atoms with Crippen molar-refractivity contribution in [3.05, 3.63) is 98.5 Å². The maximum absolute atomic E-state index is 13.6. The summed E-state index contributed by atoms with van der Waals surface area (Å²) in [5, 5.41) is 13.4. The molecule has 0 spiro atoms. The van der Waals surface area contributed by atoms with Gasteiger partial charge in [0.25, 0.3) is 5.91 Å². The minimum atomic E-state index is -0.601. The van der Waals surface area contributed by atoms with Gasteiger partial charge in [-0.05, 0) is 66.9 Å². The Labute approximate surface area is 223 Å². The van der Waals surface area contributed by atoms with Crippen LogP contribution >= 0.6 is 35.0 Å². The summed E-state index contributed by atoms with van der Waals surface area (Å²) in [6.45, 7) is 1.86. The monoisotopic (exact) mass is 537 g/mol. The zero-order chi connectivity index (χ0) is 25.8. The lowest BCUT2D eigenvalue weighted by molar-refractivity contribution is -0.117.